The molecule has 24 heavy (non-hydrogen) atoms. The summed E-state index contributed by atoms with van der Waals surface area (Å²) in [5.74, 6) is -0.570. The topological polar surface area (TPSA) is 81.5 Å². The van der Waals surface area contributed by atoms with Crippen LogP contribution in [0.15, 0.2) is 28.0 Å². The Kier molecular flexibility index (Phi) is 4.50. The quantitative estimate of drug-likeness (QED) is 0.768. The molecule has 0 aromatic carbocycles. The zero-order valence-electron chi connectivity index (χ0n) is 13.7. The standard InChI is InChI=1S/C15H19N3O4S2/c1-10(2)17-9-16-11-7-12(15(19)22-3)18(8-13(11)17)24(20,21)14-5-4-6-23-14/h4-6,9-10,12H,7-8H2,1-3H3. The van der Waals surface area contributed by atoms with Crippen molar-refractivity contribution in [2.24, 2.45) is 0 Å². The number of rotatable bonds is 4. The molecule has 0 bridgehead atoms. The molecule has 0 aliphatic carbocycles. The van der Waals surface area contributed by atoms with E-state index in [2.05, 4.69) is 4.98 Å². The first kappa shape index (κ1) is 17.1. The van der Waals surface area contributed by atoms with Crippen LogP contribution in [-0.4, -0.2) is 41.4 Å². The molecule has 3 rings (SSSR count). The molecule has 0 N–H and O–H groups in total. The highest BCUT2D eigenvalue weighted by molar-refractivity contribution is 7.91. The molecule has 0 spiro atoms. The predicted molar refractivity (Wildman–Crippen MR) is 89.2 cm³/mol. The van der Waals surface area contributed by atoms with Gasteiger partial charge in [0.05, 0.1) is 31.4 Å². The van der Waals surface area contributed by atoms with Crippen LogP contribution in [0.25, 0.3) is 0 Å². The molecule has 0 saturated heterocycles. The first-order valence-electron chi connectivity index (χ1n) is 7.54. The van der Waals surface area contributed by atoms with Crippen LogP contribution in [0.1, 0.15) is 31.3 Å². The van der Waals surface area contributed by atoms with Crippen molar-refractivity contribution in [2.75, 3.05) is 7.11 Å². The highest BCUT2D eigenvalue weighted by atomic mass is 32.2. The molecule has 1 aliphatic rings. The van der Waals surface area contributed by atoms with Gasteiger partial charge in [-0.05, 0) is 25.3 Å². The average molecular weight is 369 g/mol. The van der Waals surface area contributed by atoms with Crippen LogP contribution in [-0.2, 0) is 32.5 Å². The van der Waals surface area contributed by atoms with Gasteiger partial charge in [0, 0.05) is 12.5 Å². The Labute approximate surface area is 144 Å². The molecule has 2 aromatic rings. The fourth-order valence-corrected chi connectivity index (χ4v) is 5.53. The number of hydrogen-bond acceptors (Lipinski definition) is 6. The van der Waals surface area contributed by atoms with Gasteiger partial charge in [0.1, 0.15) is 10.3 Å². The zero-order chi connectivity index (χ0) is 17.5. The maximum Gasteiger partial charge on any atom is 0.324 e. The van der Waals surface area contributed by atoms with Crippen molar-refractivity contribution in [1.29, 1.82) is 0 Å². The third kappa shape index (κ3) is 2.76. The Morgan fingerprint density at radius 1 is 1.46 bits per heavy atom. The van der Waals surface area contributed by atoms with E-state index in [0.29, 0.717) is 0 Å². The van der Waals surface area contributed by atoms with Crippen LogP contribution in [0.4, 0.5) is 0 Å². The van der Waals surface area contributed by atoms with E-state index in [9.17, 15) is 13.2 Å². The average Bonchev–Trinajstić information content (AvgIpc) is 3.22. The van der Waals surface area contributed by atoms with Gasteiger partial charge in [-0.1, -0.05) is 6.07 Å². The summed E-state index contributed by atoms with van der Waals surface area (Å²) in [6.07, 6.45) is 1.91. The summed E-state index contributed by atoms with van der Waals surface area (Å²) < 4.78 is 34.2. The van der Waals surface area contributed by atoms with E-state index in [4.69, 9.17) is 4.74 Å². The number of aromatic nitrogens is 2. The van der Waals surface area contributed by atoms with Gasteiger partial charge in [0.15, 0.2) is 0 Å². The lowest BCUT2D eigenvalue weighted by Gasteiger charge is -2.33. The number of fused-ring (bicyclic) bond motifs is 1. The number of esters is 1. The van der Waals surface area contributed by atoms with Gasteiger partial charge in [-0.25, -0.2) is 13.4 Å². The zero-order valence-corrected chi connectivity index (χ0v) is 15.3. The van der Waals surface area contributed by atoms with Crippen molar-refractivity contribution < 1.29 is 17.9 Å². The molecule has 0 amide bonds. The molecule has 1 unspecified atom stereocenters. The second kappa shape index (κ2) is 6.30. The smallest absolute Gasteiger partial charge is 0.324 e. The maximum atomic E-state index is 13.0. The lowest BCUT2D eigenvalue weighted by atomic mass is 10.1. The van der Waals surface area contributed by atoms with Crippen molar-refractivity contribution in [2.45, 2.75) is 43.1 Å². The summed E-state index contributed by atoms with van der Waals surface area (Å²) >= 11 is 1.13. The van der Waals surface area contributed by atoms with Gasteiger partial charge in [-0.3, -0.25) is 4.79 Å². The molecule has 3 heterocycles. The van der Waals surface area contributed by atoms with Crippen molar-refractivity contribution in [1.82, 2.24) is 13.9 Å². The van der Waals surface area contributed by atoms with Crippen molar-refractivity contribution in [3.8, 4) is 0 Å². The van der Waals surface area contributed by atoms with Crippen molar-refractivity contribution in [3.63, 3.8) is 0 Å². The fraction of sp³-hybridized carbons (Fsp3) is 0.467. The number of carbonyl (C=O) groups is 1. The van der Waals surface area contributed by atoms with Gasteiger partial charge in [-0.15, -0.1) is 11.3 Å². The van der Waals surface area contributed by atoms with E-state index in [1.807, 2.05) is 18.4 Å². The van der Waals surface area contributed by atoms with Crippen LogP contribution in [0.2, 0.25) is 0 Å². The molecule has 0 saturated carbocycles. The summed E-state index contributed by atoms with van der Waals surface area (Å²) in [6.45, 7) is 4.12. The monoisotopic (exact) mass is 369 g/mol. The minimum Gasteiger partial charge on any atom is -0.468 e. The van der Waals surface area contributed by atoms with E-state index in [-0.39, 0.29) is 23.2 Å². The maximum absolute atomic E-state index is 13.0. The Bertz CT molecular complexity index is 840. The molecule has 1 atom stereocenters. The molecular formula is C15H19N3O4S2. The van der Waals surface area contributed by atoms with E-state index in [1.54, 1.807) is 23.8 Å². The summed E-state index contributed by atoms with van der Waals surface area (Å²) in [5.41, 5.74) is 1.57. The molecule has 130 valence electrons. The van der Waals surface area contributed by atoms with E-state index in [0.717, 1.165) is 22.7 Å². The van der Waals surface area contributed by atoms with E-state index in [1.165, 1.54) is 11.4 Å². The first-order chi connectivity index (χ1) is 11.4. The SMILES string of the molecule is COC(=O)C1Cc2ncn(C(C)C)c2CN1S(=O)(=O)c1cccs1. The molecule has 0 radical (unpaired) electrons. The second-order valence-corrected chi connectivity index (χ2v) is 8.93. The molecule has 0 fully saturated rings. The highest BCUT2D eigenvalue weighted by Crippen LogP contribution is 2.31. The predicted octanol–water partition coefficient (Wildman–Crippen LogP) is 1.81. The van der Waals surface area contributed by atoms with E-state index >= 15 is 0 Å². The Hall–Kier alpha value is -1.71. The van der Waals surface area contributed by atoms with Crippen LogP contribution in [0, 0.1) is 0 Å². The normalized spacial score (nSPS) is 18.6. The van der Waals surface area contributed by atoms with Crippen LogP contribution in [0.3, 0.4) is 0 Å². The van der Waals surface area contributed by atoms with Crippen molar-refractivity contribution >= 4 is 27.3 Å². The Morgan fingerprint density at radius 3 is 2.79 bits per heavy atom. The third-order valence-electron chi connectivity index (χ3n) is 4.11. The molecule has 2 aromatic heterocycles. The number of nitrogens with zero attached hydrogens (tertiary/aromatic N) is 3. The second-order valence-electron chi connectivity index (χ2n) is 5.86. The number of hydrogen-bond donors (Lipinski definition) is 0. The third-order valence-corrected chi connectivity index (χ3v) is 7.34. The van der Waals surface area contributed by atoms with Crippen LogP contribution < -0.4 is 0 Å². The van der Waals surface area contributed by atoms with Gasteiger partial charge >= 0.3 is 5.97 Å². The number of sulfonamides is 1. The minimum atomic E-state index is -3.78. The molecular weight excluding hydrogens is 350 g/mol. The van der Waals surface area contributed by atoms with Crippen molar-refractivity contribution in [3.05, 3.63) is 35.2 Å². The number of ether oxygens (including phenoxy) is 1. The van der Waals surface area contributed by atoms with Gasteiger partial charge < -0.3 is 9.30 Å². The summed E-state index contributed by atoms with van der Waals surface area (Å²) in [6, 6.07) is 2.48. The number of thiophene rings is 1. The minimum absolute atomic E-state index is 0.105. The molecule has 9 heteroatoms. The number of carbonyl (C=O) groups excluding carboxylic acids is 1. The first-order valence-corrected chi connectivity index (χ1v) is 9.86. The largest absolute Gasteiger partial charge is 0.468 e. The number of imidazole rings is 1. The van der Waals surface area contributed by atoms with Gasteiger partial charge in [0.2, 0.25) is 0 Å². The van der Waals surface area contributed by atoms with Crippen LogP contribution in [0.5, 0.6) is 0 Å². The van der Waals surface area contributed by atoms with Gasteiger partial charge in [0.25, 0.3) is 10.0 Å². The van der Waals surface area contributed by atoms with Gasteiger partial charge in [-0.2, -0.15) is 4.31 Å². The summed E-state index contributed by atoms with van der Waals surface area (Å²) in [7, 11) is -2.51. The summed E-state index contributed by atoms with van der Waals surface area (Å²) in [4.78, 5) is 16.5. The Morgan fingerprint density at radius 2 is 2.21 bits per heavy atom. The summed E-state index contributed by atoms with van der Waals surface area (Å²) in [5, 5.41) is 1.70. The molecule has 7 nitrogen and oxygen atoms in total. The lowest BCUT2D eigenvalue weighted by molar-refractivity contribution is -0.145. The highest BCUT2D eigenvalue weighted by Gasteiger charge is 2.42. The van der Waals surface area contributed by atoms with E-state index < -0.39 is 22.0 Å². The molecule has 1 aliphatic heterocycles. The lowest BCUT2D eigenvalue weighted by Crippen LogP contribution is -2.49. The number of methoxy groups -OCH3 is 1. The Balaban J connectivity index is 2.08. The fourth-order valence-electron chi connectivity index (χ4n) is 2.87. The van der Waals surface area contributed by atoms with Crippen LogP contribution >= 0.6 is 11.3 Å².